The first-order chi connectivity index (χ1) is 8.49. The SMILES string of the molecule is Nc1ccc(F)cc1S(=O)(=O)NCCCC1CC1. The van der Waals surface area contributed by atoms with E-state index in [1.165, 1.54) is 18.9 Å². The molecule has 2 rings (SSSR count). The van der Waals surface area contributed by atoms with E-state index in [4.69, 9.17) is 5.73 Å². The van der Waals surface area contributed by atoms with E-state index in [2.05, 4.69) is 4.72 Å². The Morgan fingerprint density at radius 3 is 2.78 bits per heavy atom. The number of hydrogen-bond acceptors (Lipinski definition) is 3. The largest absolute Gasteiger partial charge is 0.398 e. The second kappa shape index (κ2) is 5.24. The zero-order valence-electron chi connectivity index (χ0n) is 10.0. The molecule has 1 saturated carbocycles. The first-order valence-corrected chi connectivity index (χ1v) is 7.52. The van der Waals surface area contributed by atoms with Crippen LogP contribution >= 0.6 is 0 Å². The molecule has 0 heterocycles. The van der Waals surface area contributed by atoms with Gasteiger partial charge in [0.15, 0.2) is 0 Å². The molecule has 0 saturated heterocycles. The van der Waals surface area contributed by atoms with Gasteiger partial charge >= 0.3 is 0 Å². The summed E-state index contributed by atoms with van der Waals surface area (Å²) in [5.41, 5.74) is 5.61. The van der Waals surface area contributed by atoms with Gasteiger partial charge in [-0.15, -0.1) is 0 Å². The number of sulfonamides is 1. The fraction of sp³-hybridized carbons (Fsp3) is 0.500. The van der Waals surface area contributed by atoms with Crippen LogP contribution < -0.4 is 10.5 Å². The van der Waals surface area contributed by atoms with Crippen LogP contribution in [0.1, 0.15) is 25.7 Å². The van der Waals surface area contributed by atoms with Gasteiger partial charge in [0, 0.05) is 6.54 Å². The van der Waals surface area contributed by atoms with Gasteiger partial charge in [0.2, 0.25) is 10.0 Å². The van der Waals surface area contributed by atoms with Crippen LogP contribution in [-0.2, 0) is 10.0 Å². The summed E-state index contributed by atoms with van der Waals surface area (Å²) >= 11 is 0. The van der Waals surface area contributed by atoms with Crippen LogP contribution in [0.15, 0.2) is 23.1 Å². The highest BCUT2D eigenvalue weighted by molar-refractivity contribution is 7.89. The molecule has 100 valence electrons. The standard InChI is InChI=1S/C12H17FN2O2S/c13-10-5-6-11(14)12(8-10)18(16,17)15-7-1-2-9-3-4-9/h5-6,8-9,15H,1-4,7,14H2. The van der Waals surface area contributed by atoms with Gasteiger partial charge in [-0.25, -0.2) is 17.5 Å². The highest BCUT2D eigenvalue weighted by Crippen LogP contribution is 2.33. The van der Waals surface area contributed by atoms with Gasteiger partial charge < -0.3 is 5.73 Å². The molecule has 1 aliphatic rings. The molecule has 18 heavy (non-hydrogen) atoms. The molecule has 0 amide bonds. The number of benzene rings is 1. The first kappa shape index (κ1) is 13.3. The second-order valence-electron chi connectivity index (χ2n) is 4.67. The van der Waals surface area contributed by atoms with Gasteiger partial charge in [-0.3, -0.25) is 0 Å². The molecule has 1 aliphatic carbocycles. The molecule has 1 fully saturated rings. The average Bonchev–Trinajstić information content (AvgIpc) is 3.12. The number of anilines is 1. The topological polar surface area (TPSA) is 72.2 Å². The highest BCUT2D eigenvalue weighted by atomic mass is 32.2. The Bertz CT molecular complexity index is 527. The van der Waals surface area contributed by atoms with Crippen molar-refractivity contribution in [3.8, 4) is 0 Å². The van der Waals surface area contributed by atoms with Crippen LogP contribution in [0, 0.1) is 11.7 Å². The molecule has 1 aromatic rings. The van der Waals surface area contributed by atoms with Gasteiger partial charge in [0.25, 0.3) is 0 Å². The second-order valence-corrected chi connectivity index (χ2v) is 6.40. The van der Waals surface area contributed by atoms with Crippen molar-refractivity contribution < 1.29 is 12.8 Å². The Labute approximate surface area is 106 Å². The lowest BCUT2D eigenvalue weighted by Gasteiger charge is -2.09. The van der Waals surface area contributed by atoms with Gasteiger partial charge in [0.05, 0.1) is 5.69 Å². The van der Waals surface area contributed by atoms with Crippen molar-refractivity contribution in [2.24, 2.45) is 5.92 Å². The molecule has 0 atom stereocenters. The van der Waals surface area contributed by atoms with Crippen molar-refractivity contribution in [2.45, 2.75) is 30.6 Å². The molecule has 0 unspecified atom stereocenters. The lowest BCUT2D eigenvalue weighted by atomic mass is 10.2. The summed E-state index contributed by atoms with van der Waals surface area (Å²) in [7, 11) is -3.71. The Kier molecular flexibility index (Phi) is 3.87. The fourth-order valence-corrected chi connectivity index (χ4v) is 3.04. The molecule has 0 aliphatic heterocycles. The molecular weight excluding hydrogens is 255 g/mol. The molecule has 0 bridgehead atoms. The average molecular weight is 272 g/mol. The molecule has 0 aromatic heterocycles. The predicted molar refractivity (Wildman–Crippen MR) is 68.0 cm³/mol. The van der Waals surface area contributed by atoms with Crippen molar-refractivity contribution in [2.75, 3.05) is 12.3 Å². The molecule has 0 spiro atoms. The van der Waals surface area contributed by atoms with Crippen LogP contribution in [0.2, 0.25) is 0 Å². The van der Waals surface area contributed by atoms with Gasteiger partial charge in [-0.05, 0) is 37.0 Å². The van der Waals surface area contributed by atoms with E-state index in [1.807, 2.05) is 0 Å². The zero-order valence-corrected chi connectivity index (χ0v) is 10.8. The lowest BCUT2D eigenvalue weighted by molar-refractivity contribution is 0.570. The summed E-state index contributed by atoms with van der Waals surface area (Å²) in [6.45, 7) is 0.370. The van der Waals surface area contributed by atoms with Crippen LogP contribution in [0.4, 0.5) is 10.1 Å². The lowest BCUT2D eigenvalue weighted by Crippen LogP contribution is -2.25. The Morgan fingerprint density at radius 1 is 1.39 bits per heavy atom. The summed E-state index contributed by atoms with van der Waals surface area (Å²) in [4.78, 5) is -0.186. The van der Waals surface area contributed by atoms with E-state index in [0.29, 0.717) is 6.54 Å². The molecule has 0 radical (unpaired) electrons. The quantitative estimate of drug-likeness (QED) is 0.613. The van der Waals surface area contributed by atoms with Gasteiger partial charge in [0.1, 0.15) is 10.7 Å². The Morgan fingerprint density at radius 2 is 2.11 bits per heavy atom. The smallest absolute Gasteiger partial charge is 0.242 e. The van der Waals surface area contributed by atoms with E-state index in [-0.39, 0.29) is 10.6 Å². The third-order valence-corrected chi connectivity index (χ3v) is 4.56. The van der Waals surface area contributed by atoms with E-state index in [0.717, 1.165) is 30.9 Å². The monoisotopic (exact) mass is 272 g/mol. The van der Waals surface area contributed by atoms with Crippen molar-refractivity contribution >= 4 is 15.7 Å². The van der Waals surface area contributed by atoms with E-state index in [9.17, 15) is 12.8 Å². The molecule has 6 heteroatoms. The fourth-order valence-electron chi connectivity index (χ4n) is 1.82. The molecule has 3 N–H and O–H groups in total. The molecular formula is C12H17FN2O2S. The summed E-state index contributed by atoms with van der Waals surface area (Å²) < 4.78 is 39.3. The summed E-state index contributed by atoms with van der Waals surface area (Å²) in [6, 6.07) is 3.34. The van der Waals surface area contributed by atoms with Crippen LogP contribution in [0.3, 0.4) is 0 Å². The summed E-state index contributed by atoms with van der Waals surface area (Å²) in [6.07, 6.45) is 4.35. The van der Waals surface area contributed by atoms with Crippen LogP contribution in [0.25, 0.3) is 0 Å². The molecule has 1 aromatic carbocycles. The first-order valence-electron chi connectivity index (χ1n) is 6.04. The normalized spacial score (nSPS) is 15.8. The Hall–Kier alpha value is -1.14. The third-order valence-electron chi connectivity index (χ3n) is 3.04. The van der Waals surface area contributed by atoms with Crippen LogP contribution in [0.5, 0.6) is 0 Å². The number of nitrogen functional groups attached to an aromatic ring is 1. The number of nitrogens with one attached hydrogen (secondary N) is 1. The van der Waals surface area contributed by atoms with E-state index < -0.39 is 15.8 Å². The maximum absolute atomic E-state index is 13.0. The van der Waals surface area contributed by atoms with Gasteiger partial charge in [-0.2, -0.15) is 0 Å². The number of rotatable bonds is 6. The Balaban J connectivity index is 1.97. The summed E-state index contributed by atoms with van der Waals surface area (Å²) in [5, 5.41) is 0. The van der Waals surface area contributed by atoms with Crippen molar-refractivity contribution in [3.63, 3.8) is 0 Å². The van der Waals surface area contributed by atoms with Crippen LogP contribution in [-0.4, -0.2) is 15.0 Å². The number of halogens is 1. The maximum Gasteiger partial charge on any atom is 0.242 e. The highest BCUT2D eigenvalue weighted by Gasteiger charge is 2.21. The van der Waals surface area contributed by atoms with E-state index in [1.54, 1.807) is 0 Å². The van der Waals surface area contributed by atoms with Crippen molar-refractivity contribution in [1.29, 1.82) is 0 Å². The summed E-state index contributed by atoms with van der Waals surface area (Å²) in [5.74, 6) is 0.163. The van der Waals surface area contributed by atoms with Crippen molar-refractivity contribution in [1.82, 2.24) is 4.72 Å². The van der Waals surface area contributed by atoms with Crippen molar-refractivity contribution in [3.05, 3.63) is 24.0 Å². The number of hydrogen-bond donors (Lipinski definition) is 2. The third kappa shape index (κ3) is 3.43. The number of nitrogens with two attached hydrogens (primary N) is 1. The molecule has 4 nitrogen and oxygen atoms in total. The minimum atomic E-state index is -3.71. The predicted octanol–water partition coefficient (Wildman–Crippen LogP) is 1.88. The minimum absolute atomic E-state index is 0.0612. The van der Waals surface area contributed by atoms with Gasteiger partial charge in [-0.1, -0.05) is 12.8 Å². The van der Waals surface area contributed by atoms with E-state index >= 15 is 0 Å². The zero-order chi connectivity index (χ0) is 13.2. The maximum atomic E-state index is 13.0. The minimum Gasteiger partial charge on any atom is -0.398 e.